The number of aliphatic carboxylic acids is 1. The zero-order chi connectivity index (χ0) is 15.4. The topological polar surface area (TPSA) is 66.4 Å². The number of hydrogen-bond donors (Lipinski definition) is 2. The maximum Gasteiger partial charge on any atom is 0.307 e. The first kappa shape index (κ1) is 16.2. The molecule has 0 saturated carbocycles. The normalized spacial score (nSPS) is 15.2. The van der Waals surface area contributed by atoms with Gasteiger partial charge in [0, 0.05) is 5.92 Å². The molecule has 2 N–H and O–H groups in total. The van der Waals surface area contributed by atoms with Crippen molar-refractivity contribution in [1.29, 1.82) is 0 Å². The van der Waals surface area contributed by atoms with Gasteiger partial charge in [-0.2, -0.15) is 0 Å². The maximum absolute atomic E-state index is 12.1. The summed E-state index contributed by atoms with van der Waals surface area (Å²) < 4.78 is 0. The van der Waals surface area contributed by atoms with Crippen LogP contribution in [0.4, 0.5) is 0 Å². The molecular formula is C16H23NO3. The van der Waals surface area contributed by atoms with Gasteiger partial charge in [0.2, 0.25) is 5.91 Å². The van der Waals surface area contributed by atoms with E-state index in [1.807, 2.05) is 39.0 Å². The second-order valence-electron chi connectivity index (χ2n) is 5.51. The molecule has 1 rings (SSSR count). The van der Waals surface area contributed by atoms with Crippen LogP contribution >= 0.6 is 0 Å². The van der Waals surface area contributed by atoms with Gasteiger partial charge in [0.05, 0.1) is 12.0 Å². The summed E-state index contributed by atoms with van der Waals surface area (Å²) in [6, 6.07) is 5.97. The Balaban J connectivity index is 2.80. The van der Waals surface area contributed by atoms with E-state index in [4.69, 9.17) is 5.11 Å². The lowest BCUT2D eigenvalue weighted by Gasteiger charge is -2.21. The van der Waals surface area contributed by atoms with Crippen LogP contribution in [-0.4, -0.2) is 17.0 Å². The molecule has 4 heteroatoms. The van der Waals surface area contributed by atoms with Crippen LogP contribution in [0.15, 0.2) is 18.2 Å². The number of rotatable bonds is 5. The van der Waals surface area contributed by atoms with E-state index >= 15 is 0 Å². The SMILES string of the molecule is Cc1ccc(C)c(C(C)NC(=O)C(C)C(C)C(=O)O)c1. The minimum Gasteiger partial charge on any atom is -0.481 e. The van der Waals surface area contributed by atoms with E-state index in [9.17, 15) is 9.59 Å². The Bertz CT molecular complexity index is 510. The Morgan fingerprint density at radius 2 is 1.70 bits per heavy atom. The lowest BCUT2D eigenvalue weighted by Crippen LogP contribution is -2.36. The molecule has 0 saturated heterocycles. The smallest absolute Gasteiger partial charge is 0.307 e. The van der Waals surface area contributed by atoms with E-state index in [-0.39, 0.29) is 11.9 Å². The number of hydrogen-bond acceptors (Lipinski definition) is 2. The van der Waals surface area contributed by atoms with Crippen LogP contribution in [0.25, 0.3) is 0 Å². The van der Waals surface area contributed by atoms with Crippen molar-refractivity contribution in [3.05, 3.63) is 34.9 Å². The maximum atomic E-state index is 12.1. The summed E-state index contributed by atoms with van der Waals surface area (Å²) in [6.07, 6.45) is 0. The Labute approximate surface area is 120 Å². The highest BCUT2D eigenvalue weighted by molar-refractivity contribution is 5.84. The number of carbonyl (C=O) groups excluding carboxylic acids is 1. The molecule has 0 aliphatic carbocycles. The number of nitrogens with one attached hydrogen (secondary N) is 1. The molecule has 0 heterocycles. The Morgan fingerprint density at radius 1 is 1.10 bits per heavy atom. The third-order valence-corrected chi connectivity index (χ3v) is 3.81. The molecule has 1 aromatic rings. The van der Waals surface area contributed by atoms with E-state index < -0.39 is 17.8 Å². The highest BCUT2D eigenvalue weighted by Crippen LogP contribution is 2.20. The molecule has 0 spiro atoms. The summed E-state index contributed by atoms with van der Waals surface area (Å²) in [5.74, 6) is -2.43. The third kappa shape index (κ3) is 3.83. The second-order valence-corrected chi connectivity index (χ2v) is 5.51. The molecule has 20 heavy (non-hydrogen) atoms. The predicted molar refractivity (Wildman–Crippen MR) is 78.4 cm³/mol. The van der Waals surface area contributed by atoms with Gasteiger partial charge in [-0.1, -0.05) is 37.6 Å². The number of benzene rings is 1. The minimum atomic E-state index is -0.952. The molecule has 0 bridgehead atoms. The molecule has 4 nitrogen and oxygen atoms in total. The zero-order valence-electron chi connectivity index (χ0n) is 12.7. The van der Waals surface area contributed by atoms with Gasteiger partial charge in [-0.3, -0.25) is 9.59 Å². The molecule has 110 valence electrons. The van der Waals surface area contributed by atoms with Crippen LogP contribution in [0.3, 0.4) is 0 Å². The molecule has 0 aliphatic rings. The van der Waals surface area contributed by atoms with Crippen molar-refractivity contribution in [3.63, 3.8) is 0 Å². The van der Waals surface area contributed by atoms with E-state index in [1.54, 1.807) is 13.8 Å². The van der Waals surface area contributed by atoms with E-state index in [0.717, 1.165) is 16.7 Å². The van der Waals surface area contributed by atoms with Crippen LogP contribution in [-0.2, 0) is 9.59 Å². The Morgan fingerprint density at radius 3 is 2.25 bits per heavy atom. The molecule has 0 aromatic heterocycles. The minimum absolute atomic E-state index is 0.133. The molecule has 1 aromatic carbocycles. The molecular weight excluding hydrogens is 254 g/mol. The van der Waals surface area contributed by atoms with Gasteiger partial charge in [-0.15, -0.1) is 0 Å². The molecule has 3 atom stereocenters. The summed E-state index contributed by atoms with van der Waals surface area (Å²) in [6.45, 7) is 9.12. The summed E-state index contributed by atoms with van der Waals surface area (Å²) in [5.41, 5.74) is 3.31. The van der Waals surface area contributed by atoms with Crippen molar-refractivity contribution in [3.8, 4) is 0 Å². The fourth-order valence-corrected chi connectivity index (χ4v) is 2.09. The van der Waals surface area contributed by atoms with Gasteiger partial charge < -0.3 is 10.4 Å². The van der Waals surface area contributed by atoms with Gasteiger partial charge in [-0.25, -0.2) is 0 Å². The zero-order valence-corrected chi connectivity index (χ0v) is 12.7. The number of aryl methyl sites for hydroxylation is 2. The van der Waals surface area contributed by atoms with Gasteiger partial charge in [0.25, 0.3) is 0 Å². The van der Waals surface area contributed by atoms with E-state index in [0.29, 0.717) is 0 Å². The van der Waals surface area contributed by atoms with Crippen molar-refractivity contribution in [2.24, 2.45) is 11.8 Å². The van der Waals surface area contributed by atoms with Gasteiger partial charge >= 0.3 is 5.97 Å². The lowest BCUT2D eigenvalue weighted by atomic mass is 9.94. The summed E-state index contributed by atoms with van der Waals surface area (Å²) in [4.78, 5) is 23.0. The predicted octanol–water partition coefficient (Wildman–Crippen LogP) is 2.84. The first-order chi connectivity index (χ1) is 9.23. The fraction of sp³-hybridized carbons (Fsp3) is 0.500. The van der Waals surface area contributed by atoms with Crippen molar-refractivity contribution in [2.75, 3.05) is 0 Å². The van der Waals surface area contributed by atoms with Crippen LogP contribution in [0, 0.1) is 25.7 Å². The molecule has 3 unspecified atom stereocenters. The number of carboxylic acid groups (broad SMARTS) is 1. The first-order valence-electron chi connectivity index (χ1n) is 6.84. The van der Waals surface area contributed by atoms with Crippen LogP contribution < -0.4 is 5.32 Å². The quantitative estimate of drug-likeness (QED) is 0.869. The van der Waals surface area contributed by atoms with Crippen molar-refractivity contribution in [1.82, 2.24) is 5.32 Å². The van der Waals surface area contributed by atoms with Crippen LogP contribution in [0.5, 0.6) is 0 Å². The Kier molecular flexibility index (Phi) is 5.31. The number of carbonyl (C=O) groups is 2. The highest BCUT2D eigenvalue weighted by Gasteiger charge is 2.26. The number of carboxylic acids is 1. The summed E-state index contributed by atoms with van der Waals surface area (Å²) in [5, 5.41) is 11.9. The molecule has 1 amide bonds. The first-order valence-corrected chi connectivity index (χ1v) is 6.84. The van der Waals surface area contributed by atoms with Crippen molar-refractivity contribution in [2.45, 2.75) is 40.7 Å². The lowest BCUT2D eigenvalue weighted by molar-refractivity contribution is -0.146. The fourth-order valence-electron chi connectivity index (χ4n) is 2.09. The van der Waals surface area contributed by atoms with Gasteiger partial charge in [0.1, 0.15) is 0 Å². The Hall–Kier alpha value is -1.84. The number of amides is 1. The van der Waals surface area contributed by atoms with Crippen LogP contribution in [0.1, 0.15) is 43.5 Å². The van der Waals surface area contributed by atoms with Crippen molar-refractivity contribution >= 4 is 11.9 Å². The standard InChI is InChI=1S/C16H23NO3/c1-9-6-7-10(2)14(8-9)13(5)17-15(18)11(3)12(4)16(19)20/h6-8,11-13H,1-5H3,(H,17,18)(H,19,20). The van der Waals surface area contributed by atoms with Crippen molar-refractivity contribution < 1.29 is 14.7 Å². The highest BCUT2D eigenvalue weighted by atomic mass is 16.4. The third-order valence-electron chi connectivity index (χ3n) is 3.81. The van der Waals surface area contributed by atoms with Crippen LogP contribution in [0.2, 0.25) is 0 Å². The monoisotopic (exact) mass is 277 g/mol. The largest absolute Gasteiger partial charge is 0.481 e. The van der Waals surface area contributed by atoms with Gasteiger partial charge in [0.15, 0.2) is 0 Å². The molecule has 0 aliphatic heterocycles. The average Bonchev–Trinajstić information content (AvgIpc) is 2.39. The molecule has 0 fully saturated rings. The summed E-state index contributed by atoms with van der Waals surface area (Å²) >= 11 is 0. The second kappa shape index (κ2) is 6.55. The molecule has 0 radical (unpaired) electrons. The van der Waals surface area contributed by atoms with E-state index in [2.05, 4.69) is 5.32 Å². The summed E-state index contributed by atoms with van der Waals surface area (Å²) in [7, 11) is 0. The van der Waals surface area contributed by atoms with E-state index in [1.165, 1.54) is 0 Å². The van der Waals surface area contributed by atoms with Gasteiger partial charge in [-0.05, 0) is 31.9 Å². The average molecular weight is 277 g/mol.